The number of para-hydroxylation sites is 2. The van der Waals surface area contributed by atoms with Crippen molar-refractivity contribution < 1.29 is 9.53 Å². The van der Waals surface area contributed by atoms with Gasteiger partial charge in [-0.3, -0.25) is 15.1 Å². The van der Waals surface area contributed by atoms with Crippen molar-refractivity contribution in [1.82, 2.24) is 19.7 Å². The van der Waals surface area contributed by atoms with Gasteiger partial charge in [-0.1, -0.05) is 12.1 Å². The summed E-state index contributed by atoms with van der Waals surface area (Å²) in [6.07, 6.45) is 0. The Bertz CT molecular complexity index is 1010. The summed E-state index contributed by atoms with van der Waals surface area (Å²) in [7, 11) is 1.52. The van der Waals surface area contributed by atoms with E-state index < -0.39 is 6.03 Å². The molecule has 0 fully saturated rings. The Morgan fingerprint density at radius 2 is 1.92 bits per heavy atom. The van der Waals surface area contributed by atoms with Gasteiger partial charge in [0.25, 0.3) is 5.56 Å². The van der Waals surface area contributed by atoms with Crippen LogP contribution in [0.1, 0.15) is 11.4 Å². The first-order valence-corrected chi connectivity index (χ1v) is 7.82. The van der Waals surface area contributed by atoms with Crippen LogP contribution in [-0.2, 0) is 0 Å². The summed E-state index contributed by atoms with van der Waals surface area (Å²) in [4.78, 5) is 30.9. The summed E-state index contributed by atoms with van der Waals surface area (Å²) in [5.74, 6) is 1.12. The number of hydrogen-bond donors (Lipinski definition) is 3. The number of anilines is 2. The van der Waals surface area contributed by atoms with Gasteiger partial charge in [-0.25, -0.2) is 9.78 Å². The molecule has 0 bridgehead atoms. The summed E-state index contributed by atoms with van der Waals surface area (Å²) in [6.45, 7) is 3.48. The van der Waals surface area contributed by atoms with E-state index in [2.05, 4.69) is 25.7 Å². The quantitative estimate of drug-likeness (QED) is 0.665. The number of rotatable bonds is 4. The lowest BCUT2D eigenvalue weighted by Gasteiger charge is -2.11. The third kappa shape index (κ3) is 3.72. The maximum atomic E-state index is 12.4. The Kier molecular flexibility index (Phi) is 4.70. The standard InChI is InChI=1S/C17H18N6O3/c1-10-9-15(24)21-16(18-10)23-14(8-11(2)22-23)20-17(25)19-12-6-4-5-7-13(12)26-3/h4-9H,1-3H3,(H,18,21,24)(H2,19,20,25). The predicted octanol–water partition coefficient (Wildman–Crippen LogP) is 2.23. The molecule has 0 spiro atoms. The number of nitrogens with one attached hydrogen (secondary N) is 3. The smallest absolute Gasteiger partial charge is 0.324 e. The van der Waals surface area contributed by atoms with Crippen LogP contribution in [0.4, 0.5) is 16.3 Å². The molecule has 3 rings (SSSR count). The Morgan fingerprint density at radius 1 is 1.15 bits per heavy atom. The van der Waals surface area contributed by atoms with E-state index in [0.29, 0.717) is 28.6 Å². The largest absolute Gasteiger partial charge is 0.495 e. The molecule has 2 heterocycles. The number of urea groups is 1. The Hall–Kier alpha value is -3.62. The normalized spacial score (nSPS) is 10.4. The number of aromatic nitrogens is 4. The molecule has 0 unspecified atom stereocenters. The van der Waals surface area contributed by atoms with Gasteiger partial charge in [-0.2, -0.15) is 9.78 Å². The molecule has 0 saturated heterocycles. The van der Waals surface area contributed by atoms with Gasteiger partial charge in [0, 0.05) is 17.8 Å². The molecule has 3 N–H and O–H groups in total. The number of amides is 2. The zero-order valence-electron chi connectivity index (χ0n) is 14.5. The van der Waals surface area contributed by atoms with Crippen molar-refractivity contribution in [2.45, 2.75) is 13.8 Å². The minimum Gasteiger partial charge on any atom is -0.495 e. The number of carbonyl (C=O) groups excluding carboxylic acids is 1. The average Bonchev–Trinajstić information content (AvgIpc) is 2.94. The van der Waals surface area contributed by atoms with Gasteiger partial charge in [0.1, 0.15) is 11.6 Å². The van der Waals surface area contributed by atoms with Gasteiger partial charge in [-0.05, 0) is 26.0 Å². The Balaban J connectivity index is 1.86. The summed E-state index contributed by atoms with van der Waals surface area (Å²) in [5, 5.41) is 9.69. The minimum absolute atomic E-state index is 0.218. The van der Waals surface area contributed by atoms with E-state index in [1.54, 1.807) is 44.2 Å². The van der Waals surface area contributed by atoms with Gasteiger partial charge in [0.05, 0.1) is 18.5 Å². The maximum absolute atomic E-state index is 12.4. The molecule has 3 aromatic rings. The number of carbonyl (C=O) groups is 1. The Labute approximate surface area is 149 Å². The molecular weight excluding hydrogens is 336 g/mol. The van der Waals surface area contributed by atoms with Gasteiger partial charge >= 0.3 is 6.03 Å². The first-order valence-electron chi connectivity index (χ1n) is 7.82. The first kappa shape index (κ1) is 17.2. The molecule has 1 aromatic carbocycles. The van der Waals surface area contributed by atoms with Crippen LogP contribution in [0, 0.1) is 13.8 Å². The third-order valence-electron chi connectivity index (χ3n) is 3.49. The predicted molar refractivity (Wildman–Crippen MR) is 97.1 cm³/mol. The molecule has 0 aliphatic rings. The molecule has 2 amide bonds. The highest BCUT2D eigenvalue weighted by Crippen LogP contribution is 2.23. The van der Waals surface area contributed by atoms with Crippen molar-refractivity contribution in [3.63, 3.8) is 0 Å². The molecule has 0 radical (unpaired) electrons. The fourth-order valence-corrected chi connectivity index (χ4v) is 2.43. The average molecular weight is 354 g/mol. The second kappa shape index (κ2) is 7.09. The van der Waals surface area contributed by atoms with Crippen molar-refractivity contribution in [3.05, 3.63) is 58.1 Å². The lowest BCUT2D eigenvalue weighted by Crippen LogP contribution is -2.23. The van der Waals surface area contributed by atoms with E-state index in [1.165, 1.54) is 17.9 Å². The second-order valence-corrected chi connectivity index (χ2v) is 5.57. The van der Waals surface area contributed by atoms with Crippen molar-refractivity contribution >= 4 is 17.5 Å². The zero-order chi connectivity index (χ0) is 18.7. The second-order valence-electron chi connectivity index (χ2n) is 5.57. The topological polar surface area (TPSA) is 114 Å². The fraction of sp³-hybridized carbons (Fsp3) is 0.176. The fourth-order valence-electron chi connectivity index (χ4n) is 2.43. The van der Waals surface area contributed by atoms with E-state index in [0.717, 1.165) is 0 Å². The van der Waals surface area contributed by atoms with Crippen molar-refractivity contribution in [2.24, 2.45) is 0 Å². The van der Waals surface area contributed by atoms with Crippen molar-refractivity contribution in [2.75, 3.05) is 17.7 Å². The van der Waals surface area contributed by atoms with Crippen LogP contribution < -0.4 is 20.9 Å². The number of nitrogens with zero attached hydrogens (tertiary/aromatic N) is 3. The minimum atomic E-state index is -0.481. The molecule has 9 heteroatoms. The Morgan fingerprint density at radius 3 is 2.65 bits per heavy atom. The van der Waals surface area contributed by atoms with Crippen LogP contribution >= 0.6 is 0 Å². The van der Waals surface area contributed by atoms with E-state index in [1.807, 2.05) is 0 Å². The number of benzene rings is 1. The van der Waals surface area contributed by atoms with Gasteiger partial charge in [-0.15, -0.1) is 0 Å². The zero-order valence-corrected chi connectivity index (χ0v) is 14.5. The molecule has 0 saturated carbocycles. The SMILES string of the molecule is COc1ccccc1NC(=O)Nc1cc(C)nn1-c1nc(C)cc(=O)[nH]1. The molecule has 0 aliphatic heterocycles. The molecule has 2 aromatic heterocycles. The lowest BCUT2D eigenvalue weighted by molar-refractivity contribution is 0.262. The number of aromatic amines is 1. The van der Waals surface area contributed by atoms with Crippen molar-refractivity contribution in [1.29, 1.82) is 0 Å². The van der Waals surface area contributed by atoms with Crippen LogP contribution in [0.25, 0.3) is 5.95 Å². The van der Waals surface area contributed by atoms with Gasteiger partial charge in [0.2, 0.25) is 5.95 Å². The summed E-state index contributed by atoms with van der Waals surface area (Å²) in [5.41, 5.74) is 1.42. The summed E-state index contributed by atoms with van der Waals surface area (Å²) < 4.78 is 6.58. The van der Waals surface area contributed by atoms with Crippen LogP contribution in [-0.4, -0.2) is 32.9 Å². The van der Waals surface area contributed by atoms with Crippen LogP contribution in [0.5, 0.6) is 5.75 Å². The monoisotopic (exact) mass is 354 g/mol. The van der Waals surface area contributed by atoms with Crippen LogP contribution in [0.3, 0.4) is 0 Å². The maximum Gasteiger partial charge on any atom is 0.324 e. The summed E-state index contributed by atoms with van der Waals surface area (Å²) in [6, 6.07) is 9.62. The van der Waals surface area contributed by atoms with E-state index in [-0.39, 0.29) is 11.5 Å². The number of aryl methyl sites for hydroxylation is 2. The molecule has 9 nitrogen and oxygen atoms in total. The van der Waals surface area contributed by atoms with E-state index in [9.17, 15) is 9.59 Å². The van der Waals surface area contributed by atoms with E-state index in [4.69, 9.17) is 4.74 Å². The lowest BCUT2D eigenvalue weighted by atomic mass is 10.3. The number of H-pyrrole nitrogens is 1. The molecular formula is C17H18N6O3. The van der Waals surface area contributed by atoms with Crippen LogP contribution in [0.15, 0.2) is 41.2 Å². The summed E-state index contributed by atoms with van der Waals surface area (Å²) >= 11 is 0. The van der Waals surface area contributed by atoms with Crippen molar-refractivity contribution in [3.8, 4) is 11.7 Å². The highest BCUT2D eigenvalue weighted by molar-refractivity contribution is 6.00. The number of hydrogen-bond acceptors (Lipinski definition) is 5. The highest BCUT2D eigenvalue weighted by Gasteiger charge is 2.14. The van der Waals surface area contributed by atoms with Crippen LogP contribution in [0.2, 0.25) is 0 Å². The van der Waals surface area contributed by atoms with Gasteiger partial charge in [0.15, 0.2) is 0 Å². The third-order valence-corrected chi connectivity index (χ3v) is 3.49. The first-order chi connectivity index (χ1) is 12.5. The number of ether oxygens (including phenoxy) is 1. The molecule has 26 heavy (non-hydrogen) atoms. The van der Waals surface area contributed by atoms with E-state index >= 15 is 0 Å². The molecule has 0 aliphatic carbocycles. The van der Waals surface area contributed by atoms with Gasteiger partial charge < -0.3 is 10.1 Å². The molecule has 134 valence electrons. The molecule has 0 atom stereocenters. The number of methoxy groups -OCH3 is 1. The highest BCUT2D eigenvalue weighted by atomic mass is 16.5.